The molecule has 14 heavy (non-hydrogen) atoms. The van der Waals surface area contributed by atoms with Crippen molar-refractivity contribution in [3.63, 3.8) is 0 Å². The Labute approximate surface area is 78.5 Å². The van der Waals surface area contributed by atoms with Crippen LogP contribution >= 0.6 is 0 Å². The first-order valence-corrected chi connectivity index (χ1v) is 4.16. The Morgan fingerprint density at radius 3 is 2.93 bits per heavy atom. The molecule has 2 N–H and O–H groups in total. The summed E-state index contributed by atoms with van der Waals surface area (Å²) in [6, 6.07) is 0.126. The van der Waals surface area contributed by atoms with Gasteiger partial charge >= 0.3 is 0 Å². The Morgan fingerprint density at radius 1 is 1.43 bits per heavy atom. The maximum atomic E-state index is 11.4. The maximum Gasteiger partial charge on any atom is 0.292 e. The Kier molecular flexibility index (Phi) is 1.91. The normalized spacial score (nSPS) is 11.1. The predicted octanol–water partition coefficient (Wildman–Crippen LogP) is 0.126. The highest BCUT2D eigenvalue weighted by Gasteiger charge is 2.08. The third kappa shape index (κ3) is 1.43. The molecule has 2 aromatic rings. The van der Waals surface area contributed by atoms with E-state index in [2.05, 4.69) is 30.2 Å². The van der Waals surface area contributed by atoms with E-state index in [9.17, 15) is 4.79 Å². The quantitative estimate of drug-likeness (QED) is 0.706. The summed E-state index contributed by atoms with van der Waals surface area (Å²) >= 11 is 0. The maximum absolute atomic E-state index is 11.4. The lowest BCUT2D eigenvalue weighted by Gasteiger charge is -2.06. The van der Waals surface area contributed by atoms with Crippen LogP contribution in [0.15, 0.2) is 9.42 Å². The summed E-state index contributed by atoms with van der Waals surface area (Å²) in [7, 11) is 0. The van der Waals surface area contributed by atoms with Gasteiger partial charge in [-0.3, -0.25) is 9.78 Å². The molecule has 0 unspecified atom stereocenters. The minimum Gasteiger partial charge on any atom is -0.363 e. The van der Waals surface area contributed by atoms with Crippen LogP contribution in [0.4, 0.5) is 5.82 Å². The number of H-pyrrole nitrogens is 1. The van der Waals surface area contributed by atoms with Gasteiger partial charge in [-0.2, -0.15) is 4.98 Å². The third-order valence-corrected chi connectivity index (χ3v) is 1.56. The average Bonchev–Trinajstić information content (AvgIpc) is 2.51. The molecule has 0 spiro atoms. The smallest absolute Gasteiger partial charge is 0.292 e. The fourth-order valence-electron chi connectivity index (χ4n) is 1.03. The van der Waals surface area contributed by atoms with Crippen molar-refractivity contribution in [2.75, 3.05) is 5.32 Å². The number of fused-ring (bicyclic) bond motifs is 1. The van der Waals surface area contributed by atoms with E-state index in [1.54, 1.807) is 0 Å². The van der Waals surface area contributed by atoms with Gasteiger partial charge in [0, 0.05) is 6.04 Å². The average molecular weight is 195 g/mol. The lowest BCUT2D eigenvalue weighted by atomic mass is 10.4. The van der Waals surface area contributed by atoms with E-state index in [1.165, 1.54) is 0 Å². The van der Waals surface area contributed by atoms with Gasteiger partial charge in [-0.25, -0.2) is 4.63 Å². The molecule has 0 saturated carbocycles. The highest BCUT2D eigenvalue weighted by molar-refractivity contribution is 5.64. The van der Waals surface area contributed by atoms with E-state index in [0.717, 1.165) is 0 Å². The Bertz CT molecular complexity index is 500. The van der Waals surface area contributed by atoms with E-state index >= 15 is 0 Å². The summed E-state index contributed by atoms with van der Waals surface area (Å²) in [4.78, 5) is 17.8. The number of hydrogen-bond donors (Lipinski definition) is 2. The van der Waals surface area contributed by atoms with E-state index < -0.39 is 0 Å². The standard InChI is InChI=1S/C7H9N5O2/c1-3(2)8-6-7(13)10-5-4(9-6)11-14-12-5/h3H,1-2H3,(H,8,9,11)(H,10,12,13). The molecule has 0 bridgehead atoms. The Morgan fingerprint density at radius 2 is 2.21 bits per heavy atom. The monoisotopic (exact) mass is 195 g/mol. The molecule has 0 aromatic carbocycles. The summed E-state index contributed by atoms with van der Waals surface area (Å²) in [6.45, 7) is 3.82. The van der Waals surface area contributed by atoms with Crippen LogP contribution in [0.25, 0.3) is 11.3 Å². The van der Waals surface area contributed by atoms with Gasteiger partial charge in [0.15, 0.2) is 5.82 Å². The molecular weight excluding hydrogens is 186 g/mol. The van der Waals surface area contributed by atoms with Gasteiger partial charge in [-0.15, -0.1) is 0 Å². The molecular formula is C7H9N5O2. The van der Waals surface area contributed by atoms with Crippen LogP contribution in [0.2, 0.25) is 0 Å². The van der Waals surface area contributed by atoms with Crippen molar-refractivity contribution in [1.82, 2.24) is 20.3 Å². The summed E-state index contributed by atoms with van der Waals surface area (Å²) in [5.74, 6) is 0.225. The second kappa shape index (κ2) is 3.09. The molecule has 74 valence electrons. The van der Waals surface area contributed by atoms with Crippen molar-refractivity contribution in [1.29, 1.82) is 0 Å². The predicted molar refractivity (Wildman–Crippen MR) is 49.0 cm³/mol. The lowest BCUT2D eigenvalue weighted by Crippen LogP contribution is -2.20. The number of nitrogens with zero attached hydrogens (tertiary/aromatic N) is 3. The van der Waals surface area contributed by atoms with Crippen LogP contribution in [0.5, 0.6) is 0 Å². The van der Waals surface area contributed by atoms with Crippen LogP contribution in [0.1, 0.15) is 13.8 Å². The van der Waals surface area contributed by atoms with Crippen molar-refractivity contribution in [2.24, 2.45) is 0 Å². The second-order valence-corrected chi connectivity index (χ2v) is 3.15. The topological polar surface area (TPSA) is 96.7 Å². The van der Waals surface area contributed by atoms with Crippen LogP contribution in [-0.4, -0.2) is 26.3 Å². The van der Waals surface area contributed by atoms with Crippen LogP contribution in [0, 0.1) is 0 Å². The molecule has 2 rings (SSSR count). The van der Waals surface area contributed by atoms with Crippen molar-refractivity contribution < 1.29 is 4.63 Å². The van der Waals surface area contributed by atoms with E-state index in [4.69, 9.17) is 0 Å². The second-order valence-electron chi connectivity index (χ2n) is 3.15. The van der Waals surface area contributed by atoms with Crippen molar-refractivity contribution in [3.05, 3.63) is 10.4 Å². The molecule has 7 nitrogen and oxygen atoms in total. The zero-order valence-corrected chi connectivity index (χ0v) is 7.74. The van der Waals surface area contributed by atoms with Gasteiger partial charge in [0.05, 0.1) is 0 Å². The van der Waals surface area contributed by atoms with E-state index in [-0.39, 0.29) is 28.7 Å². The number of rotatable bonds is 2. The molecule has 7 heteroatoms. The van der Waals surface area contributed by atoms with E-state index in [0.29, 0.717) is 0 Å². The lowest BCUT2D eigenvalue weighted by molar-refractivity contribution is 0.314. The van der Waals surface area contributed by atoms with Gasteiger partial charge < -0.3 is 5.32 Å². The first kappa shape index (κ1) is 8.67. The molecule has 2 heterocycles. The summed E-state index contributed by atoms with van der Waals surface area (Å²) in [6.07, 6.45) is 0. The summed E-state index contributed by atoms with van der Waals surface area (Å²) in [5.41, 5.74) is 0.207. The van der Waals surface area contributed by atoms with Gasteiger partial charge in [-0.1, -0.05) is 0 Å². The highest BCUT2D eigenvalue weighted by atomic mass is 16.6. The van der Waals surface area contributed by atoms with Crippen LogP contribution < -0.4 is 10.9 Å². The SMILES string of the molecule is CC(C)Nc1nc2nonc2[nH]c1=O. The fourth-order valence-corrected chi connectivity index (χ4v) is 1.03. The van der Waals surface area contributed by atoms with Gasteiger partial charge in [0.1, 0.15) is 0 Å². The molecule has 0 amide bonds. The molecule has 0 radical (unpaired) electrons. The number of aromatic nitrogens is 4. The molecule has 0 aliphatic rings. The molecule has 2 aromatic heterocycles. The van der Waals surface area contributed by atoms with Crippen LogP contribution in [0.3, 0.4) is 0 Å². The van der Waals surface area contributed by atoms with Crippen molar-refractivity contribution >= 4 is 17.1 Å². The number of hydrogen-bond acceptors (Lipinski definition) is 6. The minimum absolute atomic E-state index is 0.126. The summed E-state index contributed by atoms with van der Waals surface area (Å²) in [5, 5.41) is 9.88. The highest BCUT2D eigenvalue weighted by Crippen LogP contribution is 2.03. The Balaban J connectivity index is 2.54. The number of nitrogens with one attached hydrogen (secondary N) is 2. The fraction of sp³-hybridized carbons (Fsp3) is 0.429. The molecule has 0 aliphatic heterocycles. The Hall–Kier alpha value is -1.92. The zero-order chi connectivity index (χ0) is 10.1. The van der Waals surface area contributed by atoms with Gasteiger partial charge in [0.2, 0.25) is 11.3 Å². The number of aromatic amines is 1. The van der Waals surface area contributed by atoms with Crippen molar-refractivity contribution in [3.8, 4) is 0 Å². The van der Waals surface area contributed by atoms with E-state index in [1.807, 2.05) is 13.8 Å². The molecule has 0 saturated heterocycles. The third-order valence-electron chi connectivity index (χ3n) is 1.56. The van der Waals surface area contributed by atoms with Gasteiger partial charge in [-0.05, 0) is 24.2 Å². The minimum atomic E-state index is -0.332. The molecule has 0 fully saturated rings. The largest absolute Gasteiger partial charge is 0.363 e. The zero-order valence-electron chi connectivity index (χ0n) is 7.74. The molecule has 0 atom stereocenters. The van der Waals surface area contributed by atoms with Crippen LogP contribution in [-0.2, 0) is 0 Å². The number of anilines is 1. The van der Waals surface area contributed by atoms with Crippen molar-refractivity contribution in [2.45, 2.75) is 19.9 Å². The summed E-state index contributed by atoms with van der Waals surface area (Å²) < 4.78 is 4.42. The first-order valence-electron chi connectivity index (χ1n) is 4.16. The first-order chi connectivity index (χ1) is 6.66. The molecule has 0 aliphatic carbocycles. The van der Waals surface area contributed by atoms with Gasteiger partial charge in [0.25, 0.3) is 5.56 Å².